The molecule has 7 unspecified atom stereocenters. The second-order valence-electron chi connectivity index (χ2n) is 9.49. The van der Waals surface area contributed by atoms with Crippen molar-refractivity contribution in [3.63, 3.8) is 0 Å². The molecule has 3 saturated carbocycles. The largest absolute Gasteiger partial charge is 0.396 e. The van der Waals surface area contributed by atoms with E-state index in [-0.39, 0.29) is 11.2 Å². The van der Waals surface area contributed by atoms with Crippen molar-refractivity contribution in [1.82, 2.24) is 0 Å². The predicted molar refractivity (Wildman–Crippen MR) is 106 cm³/mol. The molecule has 4 aliphatic rings. The van der Waals surface area contributed by atoms with Gasteiger partial charge in [0.25, 0.3) is 0 Å². The Morgan fingerprint density at radius 2 is 1.92 bits per heavy atom. The van der Waals surface area contributed by atoms with Crippen molar-refractivity contribution in [1.29, 1.82) is 0 Å². The van der Waals surface area contributed by atoms with E-state index in [0.717, 1.165) is 18.3 Å². The zero-order valence-corrected chi connectivity index (χ0v) is 16.6. The normalized spacial score (nSPS) is 44.7. The van der Waals surface area contributed by atoms with Gasteiger partial charge < -0.3 is 5.11 Å². The standard InChI is InChI=1S/C22H32O2.C2H2/c1-14(13-23)18-6-7-19-17-5-4-15-12-16(24)8-10-21(15,2)20(17)9-11-22(18,19)3;1-2/h8,10,12,14,17-20,23H,4-7,9,11,13H2,1-3H3;1-2H. The highest BCUT2D eigenvalue weighted by molar-refractivity contribution is 6.01. The Balaban J connectivity index is 0.000000948. The second kappa shape index (κ2) is 7.01. The molecule has 7 atom stereocenters. The summed E-state index contributed by atoms with van der Waals surface area (Å²) in [5.74, 6) is 3.58. The molecule has 0 aromatic rings. The van der Waals surface area contributed by atoms with Gasteiger partial charge in [0, 0.05) is 12.0 Å². The summed E-state index contributed by atoms with van der Waals surface area (Å²) in [6, 6.07) is 0. The lowest BCUT2D eigenvalue weighted by atomic mass is 9.47. The average Bonchev–Trinajstić information content (AvgIpc) is 3.00. The van der Waals surface area contributed by atoms with E-state index in [2.05, 4.69) is 39.7 Å². The van der Waals surface area contributed by atoms with Crippen LogP contribution < -0.4 is 0 Å². The van der Waals surface area contributed by atoms with Crippen LogP contribution in [0.2, 0.25) is 0 Å². The highest BCUT2D eigenvalue weighted by Gasteiger charge is 2.58. The van der Waals surface area contributed by atoms with Gasteiger partial charge in [-0.1, -0.05) is 32.4 Å². The van der Waals surface area contributed by atoms with Gasteiger partial charge in [0.05, 0.1) is 0 Å². The Labute approximate surface area is 159 Å². The summed E-state index contributed by atoms with van der Waals surface area (Å²) in [7, 11) is 0. The van der Waals surface area contributed by atoms with Gasteiger partial charge in [0.2, 0.25) is 0 Å². The smallest absolute Gasteiger partial charge is 0.178 e. The van der Waals surface area contributed by atoms with E-state index < -0.39 is 0 Å². The molecule has 0 amide bonds. The van der Waals surface area contributed by atoms with Crippen LogP contribution in [0, 0.1) is 53.3 Å². The van der Waals surface area contributed by atoms with Crippen LogP contribution >= 0.6 is 0 Å². The van der Waals surface area contributed by atoms with Crippen molar-refractivity contribution in [2.75, 3.05) is 6.61 Å². The first-order valence-corrected chi connectivity index (χ1v) is 10.3. The minimum atomic E-state index is 0.110. The molecule has 2 heteroatoms. The van der Waals surface area contributed by atoms with Crippen LogP contribution in [0.4, 0.5) is 0 Å². The van der Waals surface area contributed by atoms with E-state index in [9.17, 15) is 9.90 Å². The molecule has 4 aliphatic carbocycles. The monoisotopic (exact) mass is 354 g/mol. The molecule has 3 fully saturated rings. The predicted octanol–water partition coefficient (Wildman–Crippen LogP) is 4.79. The number of hydrogen-bond acceptors (Lipinski definition) is 2. The van der Waals surface area contributed by atoms with E-state index in [0.29, 0.717) is 29.8 Å². The molecular weight excluding hydrogens is 320 g/mol. The Bertz CT molecular complexity index is 642. The average molecular weight is 355 g/mol. The first kappa shape index (κ1) is 19.4. The van der Waals surface area contributed by atoms with Gasteiger partial charge in [-0.15, -0.1) is 12.8 Å². The highest BCUT2D eigenvalue weighted by atomic mass is 16.3. The molecule has 26 heavy (non-hydrogen) atoms. The summed E-state index contributed by atoms with van der Waals surface area (Å²) in [6.07, 6.45) is 21.5. The first-order valence-electron chi connectivity index (χ1n) is 10.3. The molecule has 1 N–H and O–H groups in total. The van der Waals surface area contributed by atoms with Crippen LogP contribution in [-0.2, 0) is 4.79 Å². The third-order valence-electron chi connectivity index (χ3n) is 8.60. The van der Waals surface area contributed by atoms with Crippen molar-refractivity contribution >= 4 is 5.78 Å². The van der Waals surface area contributed by atoms with E-state index >= 15 is 0 Å². The minimum Gasteiger partial charge on any atom is -0.396 e. The lowest BCUT2D eigenvalue weighted by molar-refractivity contribution is -0.111. The molecule has 2 nitrogen and oxygen atoms in total. The highest BCUT2D eigenvalue weighted by Crippen LogP contribution is 2.66. The summed E-state index contributed by atoms with van der Waals surface area (Å²) >= 11 is 0. The van der Waals surface area contributed by atoms with Crippen LogP contribution in [0.25, 0.3) is 0 Å². The Morgan fingerprint density at radius 3 is 2.62 bits per heavy atom. The molecule has 0 radical (unpaired) electrons. The number of carbonyl (C=O) groups excluding carboxylic acids is 1. The number of allylic oxidation sites excluding steroid dienone is 4. The molecule has 0 spiro atoms. The number of fused-ring (bicyclic) bond motifs is 5. The zero-order valence-electron chi connectivity index (χ0n) is 16.6. The molecule has 142 valence electrons. The number of carbonyl (C=O) groups is 1. The van der Waals surface area contributed by atoms with E-state index in [1.165, 1.54) is 37.7 Å². The quantitative estimate of drug-likeness (QED) is 0.724. The molecule has 0 aromatic heterocycles. The van der Waals surface area contributed by atoms with Gasteiger partial charge in [0.15, 0.2) is 5.78 Å². The molecule has 0 saturated heterocycles. The molecular formula is C24H34O2. The van der Waals surface area contributed by atoms with Crippen LogP contribution in [0.15, 0.2) is 23.8 Å². The molecule has 0 bridgehead atoms. The summed E-state index contributed by atoms with van der Waals surface area (Å²) in [6.45, 7) is 7.47. The maximum absolute atomic E-state index is 11.8. The van der Waals surface area contributed by atoms with Gasteiger partial charge in [-0.25, -0.2) is 0 Å². The van der Waals surface area contributed by atoms with Gasteiger partial charge in [-0.2, -0.15) is 0 Å². The van der Waals surface area contributed by atoms with Crippen LogP contribution in [0.1, 0.15) is 59.3 Å². The number of terminal acetylenes is 1. The van der Waals surface area contributed by atoms with Crippen molar-refractivity contribution < 1.29 is 9.90 Å². The number of aliphatic hydroxyl groups is 1. The van der Waals surface area contributed by atoms with Crippen LogP contribution in [0.3, 0.4) is 0 Å². The molecule has 0 aliphatic heterocycles. The molecule has 0 aromatic carbocycles. The number of ketones is 1. The van der Waals surface area contributed by atoms with E-state index in [4.69, 9.17) is 0 Å². The van der Waals surface area contributed by atoms with Gasteiger partial charge in [-0.3, -0.25) is 4.79 Å². The maximum atomic E-state index is 11.8. The summed E-state index contributed by atoms with van der Waals surface area (Å²) in [4.78, 5) is 11.8. The zero-order chi connectivity index (χ0) is 19.1. The fourth-order valence-corrected chi connectivity index (χ4v) is 7.30. The van der Waals surface area contributed by atoms with Crippen molar-refractivity contribution in [3.05, 3.63) is 23.8 Å². The summed E-state index contributed by atoms with van der Waals surface area (Å²) < 4.78 is 0. The minimum absolute atomic E-state index is 0.110. The van der Waals surface area contributed by atoms with Crippen LogP contribution in [-0.4, -0.2) is 17.5 Å². The van der Waals surface area contributed by atoms with Crippen molar-refractivity contribution in [2.45, 2.75) is 59.3 Å². The first-order chi connectivity index (χ1) is 12.4. The molecule has 4 rings (SSSR count). The van der Waals surface area contributed by atoms with Crippen molar-refractivity contribution in [2.24, 2.45) is 40.4 Å². The third kappa shape index (κ3) is 2.71. The lowest BCUT2D eigenvalue weighted by Gasteiger charge is -2.57. The van der Waals surface area contributed by atoms with Gasteiger partial charge >= 0.3 is 0 Å². The van der Waals surface area contributed by atoms with E-state index in [1.807, 2.05) is 12.2 Å². The second-order valence-corrected chi connectivity index (χ2v) is 9.49. The number of hydrogen-bond donors (Lipinski definition) is 1. The van der Waals surface area contributed by atoms with Gasteiger partial charge in [0.1, 0.15) is 0 Å². The SMILES string of the molecule is C#C.CC(CO)C1CCC2C3CCC4=CC(=O)C=CC4(C)C3CCC12C. The molecule has 0 heterocycles. The number of aliphatic hydroxyl groups excluding tert-OH is 1. The Hall–Kier alpha value is -1.33. The Morgan fingerprint density at radius 1 is 1.19 bits per heavy atom. The summed E-state index contributed by atoms with van der Waals surface area (Å²) in [5.41, 5.74) is 1.91. The third-order valence-corrected chi connectivity index (χ3v) is 8.60. The van der Waals surface area contributed by atoms with Gasteiger partial charge in [-0.05, 0) is 85.7 Å². The van der Waals surface area contributed by atoms with Crippen LogP contribution in [0.5, 0.6) is 0 Å². The Kier molecular flexibility index (Phi) is 5.24. The fourth-order valence-electron chi connectivity index (χ4n) is 7.30. The lowest BCUT2D eigenvalue weighted by Crippen LogP contribution is -2.50. The number of rotatable bonds is 2. The van der Waals surface area contributed by atoms with E-state index in [1.54, 1.807) is 0 Å². The summed E-state index contributed by atoms with van der Waals surface area (Å²) in [5, 5.41) is 9.70. The fraction of sp³-hybridized carbons (Fsp3) is 0.708. The van der Waals surface area contributed by atoms with Crippen molar-refractivity contribution in [3.8, 4) is 12.8 Å². The topological polar surface area (TPSA) is 37.3 Å². The maximum Gasteiger partial charge on any atom is 0.178 e.